The largest absolute Gasteiger partial charge is 0.339 e. The summed E-state index contributed by atoms with van der Waals surface area (Å²) in [6.45, 7) is 4.33. The summed E-state index contributed by atoms with van der Waals surface area (Å²) in [7, 11) is 0. The highest BCUT2D eigenvalue weighted by Crippen LogP contribution is 2.28. The number of nitrogens with one attached hydrogen (secondary N) is 2. The van der Waals surface area contributed by atoms with Crippen molar-refractivity contribution in [3.63, 3.8) is 0 Å². The average Bonchev–Trinajstić information content (AvgIpc) is 2.70. The maximum absolute atomic E-state index is 12.1. The number of thiocarbonyl (C=S) groups is 1. The standard InChI is InChI=1S/C24H25N3OS/c1-18(2)27(21-11-7-4-8-12-21)22-15-13-20(14-16-22)25-24(29)26-23(28)17-19-9-5-3-6-10-19/h3-16,18H,17H2,1-2H3,(H2,25,26,28,29). The molecule has 0 spiro atoms. The van der Waals surface area contributed by atoms with E-state index in [1.165, 1.54) is 0 Å². The van der Waals surface area contributed by atoms with Crippen LogP contribution in [0.1, 0.15) is 19.4 Å². The highest BCUT2D eigenvalue weighted by atomic mass is 32.1. The second kappa shape index (κ2) is 9.85. The third-order valence-electron chi connectivity index (χ3n) is 4.41. The van der Waals surface area contributed by atoms with Crippen LogP contribution in [0, 0.1) is 0 Å². The predicted molar refractivity (Wildman–Crippen MR) is 125 cm³/mol. The summed E-state index contributed by atoms with van der Waals surface area (Å²) >= 11 is 5.28. The van der Waals surface area contributed by atoms with Gasteiger partial charge in [-0.05, 0) is 68.0 Å². The third-order valence-corrected chi connectivity index (χ3v) is 4.62. The van der Waals surface area contributed by atoms with E-state index in [2.05, 4.69) is 41.5 Å². The Balaban J connectivity index is 1.61. The molecule has 0 radical (unpaired) electrons. The van der Waals surface area contributed by atoms with Gasteiger partial charge in [-0.15, -0.1) is 0 Å². The minimum absolute atomic E-state index is 0.139. The van der Waals surface area contributed by atoms with Crippen molar-refractivity contribution in [1.82, 2.24) is 5.32 Å². The van der Waals surface area contributed by atoms with Crippen LogP contribution in [-0.4, -0.2) is 17.1 Å². The molecule has 3 aromatic rings. The Morgan fingerprint density at radius 1 is 0.862 bits per heavy atom. The van der Waals surface area contributed by atoms with Crippen LogP contribution in [0.25, 0.3) is 0 Å². The van der Waals surface area contributed by atoms with Gasteiger partial charge in [-0.3, -0.25) is 4.79 Å². The molecule has 0 unspecified atom stereocenters. The van der Waals surface area contributed by atoms with Gasteiger partial charge in [-0.25, -0.2) is 0 Å². The number of anilines is 3. The molecule has 0 saturated carbocycles. The normalized spacial score (nSPS) is 10.4. The smallest absolute Gasteiger partial charge is 0.230 e. The Bertz CT molecular complexity index is 941. The summed E-state index contributed by atoms with van der Waals surface area (Å²) in [5.41, 5.74) is 4.02. The molecule has 0 aromatic heterocycles. The van der Waals surface area contributed by atoms with Gasteiger partial charge in [0.25, 0.3) is 0 Å². The minimum Gasteiger partial charge on any atom is -0.339 e. The van der Waals surface area contributed by atoms with Gasteiger partial charge in [0, 0.05) is 23.1 Å². The number of benzene rings is 3. The number of rotatable bonds is 6. The van der Waals surface area contributed by atoms with E-state index in [9.17, 15) is 4.79 Å². The van der Waals surface area contributed by atoms with E-state index >= 15 is 0 Å². The van der Waals surface area contributed by atoms with Gasteiger partial charge in [-0.2, -0.15) is 0 Å². The zero-order valence-electron chi connectivity index (χ0n) is 16.6. The molecular weight excluding hydrogens is 378 g/mol. The van der Waals surface area contributed by atoms with E-state index in [1.807, 2.05) is 72.8 Å². The lowest BCUT2D eigenvalue weighted by Gasteiger charge is -2.29. The van der Waals surface area contributed by atoms with E-state index in [4.69, 9.17) is 12.2 Å². The van der Waals surface area contributed by atoms with E-state index < -0.39 is 0 Å². The monoisotopic (exact) mass is 403 g/mol. The molecule has 3 aromatic carbocycles. The SMILES string of the molecule is CC(C)N(c1ccccc1)c1ccc(NC(=S)NC(=O)Cc2ccccc2)cc1. The summed E-state index contributed by atoms with van der Waals surface area (Å²) in [6.07, 6.45) is 0.294. The quantitative estimate of drug-likeness (QED) is 0.549. The fourth-order valence-corrected chi connectivity index (χ4v) is 3.39. The van der Waals surface area contributed by atoms with Gasteiger partial charge in [0.15, 0.2) is 5.11 Å². The molecular formula is C24H25N3OS. The van der Waals surface area contributed by atoms with Crippen LogP contribution in [0.2, 0.25) is 0 Å². The predicted octanol–water partition coefficient (Wildman–Crippen LogP) is 5.29. The Morgan fingerprint density at radius 2 is 1.41 bits per heavy atom. The second-order valence-electron chi connectivity index (χ2n) is 7.01. The van der Waals surface area contributed by atoms with Gasteiger partial charge in [0.05, 0.1) is 6.42 Å². The van der Waals surface area contributed by atoms with Crippen molar-refractivity contribution < 1.29 is 4.79 Å². The summed E-state index contributed by atoms with van der Waals surface area (Å²) in [6, 6.07) is 28.2. The van der Waals surface area contributed by atoms with Crippen molar-refractivity contribution in [2.75, 3.05) is 10.2 Å². The van der Waals surface area contributed by atoms with Gasteiger partial charge < -0.3 is 15.5 Å². The molecule has 29 heavy (non-hydrogen) atoms. The number of amides is 1. The number of carbonyl (C=O) groups excluding carboxylic acids is 1. The first-order valence-electron chi connectivity index (χ1n) is 9.62. The lowest BCUT2D eigenvalue weighted by molar-refractivity contribution is -0.119. The fraction of sp³-hybridized carbons (Fsp3) is 0.167. The first kappa shape index (κ1) is 20.6. The Kier molecular flexibility index (Phi) is 6.98. The second-order valence-corrected chi connectivity index (χ2v) is 7.42. The lowest BCUT2D eigenvalue weighted by Crippen LogP contribution is -2.35. The molecule has 4 nitrogen and oxygen atoms in total. The van der Waals surface area contributed by atoms with Crippen molar-refractivity contribution in [2.24, 2.45) is 0 Å². The van der Waals surface area contributed by atoms with Crippen LogP contribution < -0.4 is 15.5 Å². The van der Waals surface area contributed by atoms with Crippen molar-refractivity contribution in [1.29, 1.82) is 0 Å². The minimum atomic E-state index is -0.139. The summed E-state index contributed by atoms with van der Waals surface area (Å²) in [5.74, 6) is -0.139. The molecule has 148 valence electrons. The average molecular weight is 404 g/mol. The number of para-hydroxylation sites is 1. The topological polar surface area (TPSA) is 44.4 Å². The maximum atomic E-state index is 12.1. The molecule has 0 bridgehead atoms. The van der Waals surface area contributed by atoms with Gasteiger partial charge in [-0.1, -0.05) is 48.5 Å². The molecule has 0 aliphatic carbocycles. The molecule has 0 saturated heterocycles. The van der Waals surface area contributed by atoms with Gasteiger partial charge >= 0.3 is 0 Å². The van der Waals surface area contributed by atoms with Crippen molar-refractivity contribution >= 4 is 40.3 Å². The highest BCUT2D eigenvalue weighted by molar-refractivity contribution is 7.80. The van der Waals surface area contributed by atoms with Crippen LogP contribution in [0.15, 0.2) is 84.9 Å². The van der Waals surface area contributed by atoms with E-state index in [0.29, 0.717) is 17.6 Å². The van der Waals surface area contributed by atoms with Crippen LogP contribution in [0.5, 0.6) is 0 Å². The van der Waals surface area contributed by atoms with Crippen LogP contribution in [0.3, 0.4) is 0 Å². The van der Waals surface area contributed by atoms with Gasteiger partial charge in [0.2, 0.25) is 5.91 Å². The molecule has 2 N–H and O–H groups in total. The van der Waals surface area contributed by atoms with Crippen LogP contribution in [0.4, 0.5) is 17.1 Å². The number of nitrogens with zero attached hydrogens (tertiary/aromatic N) is 1. The first-order valence-corrected chi connectivity index (χ1v) is 10.0. The zero-order valence-corrected chi connectivity index (χ0v) is 17.4. The van der Waals surface area contributed by atoms with E-state index in [-0.39, 0.29) is 5.91 Å². The highest BCUT2D eigenvalue weighted by Gasteiger charge is 2.13. The number of hydrogen-bond donors (Lipinski definition) is 2. The molecule has 0 heterocycles. The van der Waals surface area contributed by atoms with E-state index in [1.54, 1.807) is 0 Å². The number of carbonyl (C=O) groups is 1. The molecule has 0 aliphatic rings. The van der Waals surface area contributed by atoms with Crippen molar-refractivity contribution in [3.8, 4) is 0 Å². The molecule has 0 fully saturated rings. The summed E-state index contributed by atoms with van der Waals surface area (Å²) < 4.78 is 0. The van der Waals surface area contributed by atoms with Crippen LogP contribution >= 0.6 is 12.2 Å². The van der Waals surface area contributed by atoms with Gasteiger partial charge in [0.1, 0.15) is 0 Å². The molecule has 0 aliphatic heterocycles. The molecule has 5 heteroatoms. The zero-order chi connectivity index (χ0) is 20.6. The molecule has 1 amide bonds. The Labute approximate surface area is 177 Å². The first-order chi connectivity index (χ1) is 14.0. The van der Waals surface area contributed by atoms with Crippen molar-refractivity contribution in [3.05, 3.63) is 90.5 Å². The van der Waals surface area contributed by atoms with Crippen molar-refractivity contribution in [2.45, 2.75) is 26.3 Å². The summed E-state index contributed by atoms with van der Waals surface area (Å²) in [4.78, 5) is 14.4. The molecule has 0 atom stereocenters. The maximum Gasteiger partial charge on any atom is 0.230 e. The third kappa shape index (κ3) is 5.90. The van der Waals surface area contributed by atoms with Crippen LogP contribution in [-0.2, 0) is 11.2 Å². The Hall–Kier alpha value is -3.18. The van der Waals surface area contributed by atoms with E-state index in [0.717, 1.165) is 22.6 Å². The fourth-order valence-electron chi connectivity index (χ4n) is 3.15. The molecule has 3 rings (SSSR count). The Morgan fingerprint density at radius 3 is 2.00 bits per heavy atom. The number of hydrogen-bond acceptors (Lipinski definition) is 3. The lowest BCUT2D eigenvalue weighted by atomic mass is 10.1. The summed E-state index contributed by atoms with van der Waals surface area (Å²) in [5, 5.41) is 6.10.